The van der Waals surface area contributed by atoms with E-state index in [9.17, 15) is 9.59 Å². The SMILES string of the molecule is Cc1ccccc1CCN(C(=O)Cc1cccs1)C(C(=O)NC1CCCCC1)c1cccnc1. The summed E-state index contributed by atoms with van der Waals surface area (Å²) in [5.41, 5.74) is 3.13. The molecule has 5 nitrogen and oxygen atoms in total. The molecular weight excluding hydrogens is 442 g/mol. The molecule has 3 aromatic rings. The van der Waals surface area contributed by atoms with Crippen molar-refractivity contribution >= 4 is 23.2 Å². The lowest BCUT2D eigenvalue weighted by Gasteiger charge is -2.33. The molecule has 0 bridgehead atoms. The molecule has 6 heteroatoms. The highest BCUT2D eigenvalue weighted by Crippen LogP contribution is 2.25. The first-order valence-corrected chi connectivity index (χ1v) is 13.1. The van der Waals surface area contributed by atoms with Gasteiger partial charge in [0.05, 0.1) is 6.42 Å². The number of carbonyl (C=O) groups is 2. The lowest BCUT2D eigenvalue weighted by Crippen LogP contribution is -2.48. The number of aryl methyl sites for hydroxylation is 1. The van der Waals surface area contributed by atoms with Crippen molar-refractivity contribution in [2.75, 3.05) is 6.54 Å². The Labute approximate surface area is 206 Å². The average molecular weight is 476 g/mol. The molecule has 0 aliphatic heterocycles. The molecular formula is C28H33N3O2S. The van der Waals surface area contributed by atoms with Gasteiger partial charge < -0.3 is 10.2 Å². The Morgan fingerprint density at radius 2 is 1.91 bits per heavy atom. The largest absolute Gasteiger partial charge is 0.351 e. The van der Waals surface area contributed by atoms with E-state index in [1.165, 1.54) is 17.5 Å². The number of rotatable bonds is 9. The van der Waals surface area contributed by atoms with Gasteiger partial charge in [0.2, 0.25) is 11.8 Å². The second kappa shape index (κ2) is 11.9. The summed E-state index contributed by atoms with van der Waals surface area (Å²) in [6.07, 6.45) is 9.88. The molecule has 178 valence electrons. The Morgan fingerprint density at radius 1 is 1.09 bits per heavy atom. The maximum absolute atomic E-state index is 13.7. The predicted octanol–water partition coefficient (Wildman–Crippen LogP) is 5.26. The van der Waals surface area contributed by atoms with Crippen LogP contribution in [0, 0.1) is 6.92 Å². The molecule has 4 rings (SSSR count). The van der Waals surface area contributed by atoms with Crippen LogP contribution in [0.25, 0.3) is 0 Å². The summed E-state index contributed by atoms with van der Waals surface area (Å²) in [5.74, 6) is -0.145. The van der Waals surface area contributed by atoms with Gasteiger partial charge in [-0.05, 0) is 54.8 Å². The van der Waals surface area contributed by atoms with Crippen molar-refractivity contribution in [1.29, 1.82) is 0 Å². The molecule has 0 radical (unpaired) electrons. The maximum Gasteiger partial charge on any atom is 0.247 e. The van der Waals surface area contributed by atoms with E-state index in [2.05, 4.69) is 29.4 Å². The molecule has 1 aromatic carbocycles. The molecule has 2 heterocycles. The maximum atomic E-state index is 13.7. The fraction of sp³-hybridized carbons (Fsp3) is 0.393. The number of benzene rings is 1. The summed E-state index contributed by atoms with van der Waals surface area (Å²) >= 11 is 1.57. The van der Waals surface area contributed by atoms with Crippen LogP contribution in [0.5, 0.6) is 0 Å². The Morgan fingerprint density at radius 3 is 2.62 bits per heavy atom. The summed E-state index contributed by atoms with van der Waals surface area (Å²) < 4.78 is 0. The molecule has 1 atom stereocenters. The van der Waals surface area contributed by atoms with E-state index >= 15 is 0 Å². The summed E-state index contributed by atoms with van der Waals surface area (Å²) in [7, 11) is 0. The number of nitrogens with one attached hydrogen (secondary N) is 1. The van der Waals surface area contributed by atoms with Gasteiger partial charge >= 0.3 is 0 Å². The van der Waals surface area contributed by atoms with Crippen molar-refractivity contribution in [3.63, 3.8) is 0 Å². The smallest absolute Gasteiger partial charge is 0.247 e. The molecule has 34 heavy (non-hydrogen) atoms. The zero-order valence-electron chi connectivity index (χ0n) is 19.8. The summed E-state index contributed by atoms with van der Waals surface area (Å²) in [6.45, 7) is 2.55. The summed E-state index contributed by atoms with van der Waals surface area (Å²) in [6, 6.07) is 15.4. The van der Waals surface area contributed by atoms with E-state index < -0.39 is 6.04 Å². The second-order valence-corrected chi connectivity index (χ2v) is 10.1. The van der Waals surface area contributed by atoms with E-state index in [4.69, 9.17) is 0 Å². The van der Waals surface area contributed by atoms with Crippen LogP contribution in [0.4, 0.5) is 0 Å². The van der Waals surface area contributed by atoms with Crippen LogP contribution in [0.1, 0.15) is 59.7 Å². The molecule has 0 spiro atoms. The van der Waals surface area contributed by atoms with Crippen LogP contribution >= 0.6 is 11.3 Å². The van der Waals surface area contributed by atoms with Crippen LogP contribution in [0.2, 0.25) is 0 Å². The molecule has 2 amide bonds. The Hall–Kier alpha value is -2.99. The third kappa shape index (κ3) is 6.32. The summed E-state index contributed by atoms with van der Waals surface area (Å²) in [4.78, 5) is 34.4. The number of carbonyl (C=O) groups excluding carboxylic acids is 2. The number of thiophene rings is 1. The van der Waals surface area contributed by atoms with Gasteiger partial charge in [-0.3, -0.25) is 14.6 Å². The molecule has 1 N–H and O–H groups in total. The number of hydrogen-bond acceptors (Lipinski definition) is 4. The molecule has 1 unspecified atom stereocenters. The quantitative estimate of drug-likeness (QED) is 0.459. The second-order valence-electron chi connectivity index (χ2n) is 9.05. The number of pyridine rings is 1. The fourth-order valence-corrected chi connectivity index (χ4v) is 5.43. The zero-order valence-corrected chi connectivity index (χ0v) is 20.6. The van der Waals surface area contributed by atoms with Gasteiger partial charge in [-0.1, -0.05) is 55.7 Å². The van der Waals surface area contributed by atoms with E-state index in [0.29, 0.717) is 19.4 Å². The predicted molar refractivity (Wildman–Crippen MR) is 137 cm³/mol. The van der Waals surface area contributed by atoms with Gasteiger partial charge in [0.15, 0.2) is 0 Å². The van der Waals surface area contributed by atoms with Crippen molar-refractivity contribution in [3.05, 3.63) is 87.9 Å². The number of hydrogen-bond donors (Lipinski definition) is 1. The molecule has 0 saturated heterocycles. The van der Waals surface area contributed by atoms with Crippen LogP contribution in [0.3, 0.4) is 0 Å². The monoisotopic (exact) mass is 475 g/mol. The highest BCUT2D eigenvalue weighted by molar-refractivity contribution is 7.10. The van der Waals surface area contributed by atoms with E-state index in [-0.39, 0.29) is 17.9 Å². The normalized spacial score (nSPS) is 15.0. The van der Waals surface area contributed by atoms with Gasteiger partial charge in [-0.25, -0.2) is 0 Å². The van der Waals surface area contributed by atoms with Crippen molar-refractivity contribution in [3.8, 4) is 0 Å². The van der Waals surface area contributed by atoms with Crippen molar-refractivity contribution in [2.24, 2.45) is 0 Å². The topological polar surface area (TPSA) is 62.3 Å². The third-order valence-corrected chi connectivity index (χ3v) is 7.50. The van der Waals surface area contributed by atoms with Gasteiger partial charge in [0, 0.05) is 35.4 Å². The van der Waals surface area contributed by atoms with Crippen molar-refractivity contribution in [2.45, 2.75) is 64.0 Å². The van der Waals surface area contributed by atoms with Crippen LogP contribution in [0.15, 0.2) is 66.3 Å². The van der Waals surface area contributed by atoms with E-state index in [0.717, 1.165) is 36.1 Å². The van der Waals surface area contributed by atoms with E-state index in [1.807, 2.05) is 41.8 Å². The standard InChI is InChI=1S/C28H33N3O2S/c1-21-9-5-6-10-22(21)15-17-31(26(32)19-25-14-8-18-34-25)27(23-11-7-16-29-20-23)28(33)30-24-12-3-2-4-13-24/h5-11,14,16,18,20,24,27H,2-4,12-13,15,17,19H2,1H3,(H,30,33). The fourth-order valence-electron chi connectivity index (χ4n) is 4.73. The van der Waals surface area contributed by atoms with Crippen molar-refractivity contribution in [1.82, 2.24) is 15.2 Å². The average Bonchev–Trinajstić information content (AvgIpc) is 3.36. The Kier molecular flexibility index (Phi) is 8.47. The molecule has 1 aliphatic carbocycles. The van der Waals surface area contributed by atoms with Gasteiger partial charge in [-0.2, -0.15) is 0 Å². The molecule has 1 aliphatic rings. The highest BCUT2D eigenvalue weighted by atomic mass is 32.1. The highest BCUT2D eigenvalue weighted by Gasteiger charge is 2.33. The first kappa shape index (κ1) is 24.1. The molecule has 1 fully saturated rings. The first-order chi connectivity index (χ1) is 16.6. The van der Waals surface area contributed by atoms with Crippen molar-refractivity contribution < 1.29 is 9.59 Å². The molecule has 1 saturated carbocycles. The number of nitrogens with zero attached hydrogens (tertiary/aromatic N) is 2. The van der Waals surface area contributed by atoms with Crippen LogP contribution in [-0.2, 0) is 22.4 Å². The minimum atomic E-state index is -0.702. The van der Waals surface area contributed by atoms with Gasteiger partial charge in [0.25, 0.3) is 0 Å². The summed E-state index contributed by atoms with van der Waals surface area (Å²) in [5, 5.41) is 5.24. The number of amides is 2. The minimum absolute atomic E-state index is 0.0383. The van der Waals surface area contributed by atoms with Crippen LogP contribution in [-0.4, -0.2) is 34.3 Å². The van der Waals surface area contributed by atoms with Crippen LogP contribution < -0.4 is 5.32 Å². The van der Waals surface area contributed by atoms with Gasteiger partial charge in [-0.15, -0.1) is 11.3 Å². The van der Waals surface area contributed by atoms with E-state index in [1.54, 1.807) is 28.6 Å². The zero-order chi connectivity index (χ0) is 23.8. The Balaban J connectivity index is 1.63. The lowest BCUT2D eigenvalue weighted by molar-refractivity contribution is -0.140. The van der Waals surface area contributed by atoms with Gasteiger partial charge in [0.1, 0.15) is 6.04 Å². The lowest BCUT2D eigenvalue weighted by atomic mass is 9.94. The Bertz CT molecular complexity index is 1060. The third-order valence-electron chi connectivity index (χ3n) is 6.62. The number of aromatic nitrogens is 1. The first-order valence-electron chi connectivity index (χ1n) is 12.2. The molecule has 2 aromatic heterocycles. The minimum Gasteiger partial charge on any atom is -0.351 e.